The largest absolute Gasteiger partial charge is 0.337 e. The van der Waals surface area contributed by atoms with Crippen molar-refractivity contribution >= 4 is 5.91 Å². The van der Waals surface area contributed by atoms with Crippen LogP contribution in [0.4, 0.5) is 4.39 Å². The van der Waals surface area contributed by atoms with Crippen LogP contribution in [0.2, 0.25) is 0 Å². The van der Waals surface area contributed by atoms with E-state index in [4.69, 9.17) is 5.73 Å². The lowest BCUT2D eigenvalue weighted by molar-refractivity contribution is 0.0782. The number of hydrogen-bond donors (Lipinski definition) is 1. The Morgan fingerprint density at radius 2 is 2.18 bits per heavy atom. The van der Waals surface area contributed by atoms with Crippen LogP contribution in [0.3, 0.4) is 0 Å². The molecule has 1 aromatic carbocycles. The highest BCUT2D eigenvalue weighted by Crippen LogP contribution is 2.20. The van der Waals surface area contributed by atoms with Crippen LogP contribution in [0.15, 0.2) is 18.2 Å². The maximum atomic E-state index is 13.8. The van der Waals surface area contributed by atoms with Crippen molar-refractivity contribution in [2.75, 3.05) is 13.1 Å². The summed E-state index contributed by atoms with van der Waals surface area (Å²) in [5.41, 5.74) is 6.50. The van der Waals surface area contributed by atoms with E-state index in [1.165, 1.54) is 6.07 Å². The molecule has 4 heteroatoms. The first kappa shape index (κ1) is 12.0. The van der Waals surface area contributed by atoms with Gasteiger partial charge in [0, 0.05) is 19.1 Å². The lowest BCUT2D eigenvalue weighted by Crippen LogP contribution is -2.32. The van der Waals surface area contributed by atoms with Crippen LogP contribution in [0.25, 0.3) is 0 Å². The SMILES string of the molecule is Cc1cccc(C(=O)N2CC(C)C(N)C2)c1F. The van der Waals surface area contributed by atoms with Crippen LogP contribution >= 0.6 is 0 Å². The molecule has 92 valence electrons. The van der Waals surface area contributed by atoms with Gasteiger partial charge >= 0.3 is 0 Å². The van der Waals surface area contributed by atoms with Crippen LogP contribution in [0.5, 0.6) is 0 Å². The highest BCUT2D eigenvalue weighted by Gasteiger charge is 2.31. The zero-order valence-corrected chi connectivity index (χ0v) is 10.1. The molecule has 1 amide bonds. The molecule has 2 rings (SSSR count). The molecule has 0 aliphatic carbocycles. The molecule has 0 saturated carbocycles. The molecular weight excluding hydrogens is 219 g/mol. The third-order valence-electron chi connectivity index (χ3n) is 3.38. The van der Waals surface area contributed by atoms with E-state index in [-0.39, 0.29) is 23.4 Å². The number of hydrogen-bond acceptors (Lipinski definition) is 2. The minimum atomic E-state index is -0.425. The Hall–Kier alpha value is -1.42. The van der Waals surface area contributed by atoms with Crippen LogP contribution in [0, 0.1) is 18.7 Å². The van der Waals surface area contributed by atoms with E-state index in [9.17, 15) is 9.18 Å². The predicted octanol–water partition coefficient (Wildman–Crippen LogP) is 1.55. The number of amides is 1. The normalized spacial score (nSPS) is 24.1. The van der Waals surface area contributed by atoms with Gasteiger partial charge in [-0.05, 0) is 24.5 Å². The lowest BCUT2D eigenvalue weighted by atomic mass is 10.1. The summed E-state index contributed by atoms with van der Waals surface area (Å²) in [5.74, 6) is -0.413. The van der Waals surface area contributed by atoms with Gasteiger partial charge in [0.25, 0.3) is 5.91 Å². The van der Waals surface area contributed by atoms with Crippen LogP contribution < -0.4 is 5.73 Å². The highest BCUT2D eigenvalue weighted by molar-refractivity contribution is 5.95. The summed E-state index contributed by atoms with van der Waals surface area (Å²) < 4.78 is 13.8. The Kier molecular flexibility index (Phi) is 3.15. The van der Waals surface area contributed by atoms with Crippen molar-refractivity contribution in [3.63, 3.8) is 0 Å². The van der Waals surface area contributed by atoms with E-state index in [0.29, 0.717) is 18.7 Å². The topological polar surface area (TPSA) is 46.3 Å². The van der Waals surface area contributed by atoms with Crippen molar-refractivity contribution in [1.82, 2.24) is 4.90 Å². The molecule has 0 radical (unpaired) electrons. The van der Waals surface area contributed by atoms with Gasteiger partial charge in [-0.3, -0.25) is 4.79 Å². The second-order valence-corrected chi connectivity index (χ2v) is 4.79. The molecule has 1 aromatic rings. The first-order chi connectivity index (χ1) is 8.00. The molecule has 3 nitrogen and oxygen atoms in total. The van der Waals surface area contributed by atoms with Gasteiger partial charge in [-0.15, -0.1) is 0 Å². The lowest BCUT2D eigenvalue weighted by Gasteiger charge is -2.16. The molecule has 1 heterocycles. The Morgan fingerprint density at radius 3 is 2.76 bits per heavy atom. The Bertz CT molecular complexity index is 437. The number of likely N-dealkylation sites (tertiary alicyclic amines) is 1. The Labute approximate surface area is 100 Å². The second kappa shape index (κ2) is 4.45. The fourth-order valence-electron chi connectivity index (χ4n) is 2.14. The zero-order chi connectivity index (χ0) is 12.6. The zero-order valence-electron chi connectivity index (χ0n) is 10.1. The summed E-state index contributed by atoms with van der Waals surface area (Å²) in [6, 6.07) is 4.88. The molecule has 1 aliphatic heterocycles. The monoisotopic (exact) mass is 236 g/mol. The van der Waals surface area contributed by atoms with Crippen molar-refractivity contribution in [2.45, 2.75) is 19.9 Å². The molecule has 0 spiro atoms. The molecule has 0 bridgehead atoms. The highest BCUT2D eigenvalue weighted by atomic mass is 19.1. The second-order valence-electron chi connectivity index (χ2n) is 4.79. The van der Waals surface area contributed by atoms with Gasteiger partial charge in [0.05, 0.1) is 5.56 Å². The van der Waals surface area contributed by atoms with Gasteiger partial charge in [-0.2, -0.15) is 0 Å². The molecule has 2 N–H and O–H groups in total. The average molecular weight is 236 g/mol. The van der Waals surface area contributed by atoms with Crippen molar-refractivity contribution in [3.05, 3.63) is 35.1 Å². The van der Waals surface area contributed by atoms with Gasteiger partial charge in [0.15, 0.2) is 0 Å². The van der Waals surface area contributed by atoms with Crippen molar-refractivity contribution < 1.29 is 9.18 Å². The molecule has 17 heavy (non-hydrogen) atoms. The number of benzene rings is 1. The van der Waals surface area contributed by atoms with E-state index < -0.39 is 5.82 Å². The fraction of sp³-hybridized carbons (Fsp3) is 0.462. The van der Waals surface area contributed by atoms with Crippen molar-refractivity contribution in [3.8, 4) is 0 Å². The smallest absolute Gasteiger partial charge is 0.256 e. The standard InChI is InChI=1S/C13H17FN2O/c1-8-4-3-5-10(12(8)14)13(17)16-6-9(2)11(15)7-16/h3-5,9,11H,6-7,15H2,1-2H3. The minimum Gasteiger partial charge on any atom is -0.337 e. The number of nitrogens with zero attached hydrogens (tertiary/aromatic N) is 1. The number of carbonyl (C=O) groups is 1. The van der Waals surface area contributed by atoms with Crippen LogP contribution in [-0.4, -0.2) is 29.9 Å². The number of nitrogens with two attached hydrogens (primary N) is 1. The van der Waals surface area contributed by atoms with E-state index in [1.807, 2.05) is 6.92 Å². The maximum Gasteiger partial charge on any atom is 0.256 e. The van der Waals surface area contributed by atoms with Crippen LogP contribution in [0.1, 0.15) is 22.8 Å². The molecule has 2 atom stereocenters. The number of rotatable bonds is 1. The van der Waals surface area contributed by atoms with Crippen molar-refractivity contribution in [1.29, 1.82) is 0 Å². The van der Waals surface area contributed by atoms with Gasteiger partial charge in [0.1, 0.15) is 5.82 Å². The quantitative estimate of drug-likeness (QED) is 0.804. The summed E-state index contributed by atoms with van der Waals surface area (Å²) in [4.78, 5) is 13.8. The van der Waals surface area contributed by atoms with Crippen LogP contribution in [-0.2, 0) is 0 Å². The Balaban J connectivity index is 2.24. The molecule has 1 aliphatic rings. The van der Waals surface area contributed by atoms with Gasteiger partial charge in [-0.25, -0.2) is 4.39 Å². The summed E-state index contributed by atoms with van der Waals surface area (Å²) in [5, 5.41) is 0. The van der Waals surface area contributed by atoms with Crippen molar-refractivity contribution in [2.24, 2.45) is 11.7 Å². The number of aryl methyl sites for hydroxylation is 1. The third kappa shape index (κ3) is 2.17. The third-order valence-corrected chi connectivity index (χ3v) is 3.38. The van der Waals surface area contributed by atoms with Gasteiger partial charge in [0.2, 0.25) is 0 Å². The Morgan fingerprint density at radius 1 is 1.47 bits per heavy atom. The van der Waals surface area contributed by atoms with E-state index >= 15 is 0 Å². The molecular formula is C13H17FN2O. The van der Waals surface area contributed by atoms with E-state index in [0.717, 1.165) is 0 Å². The number of halogens is 1. The van der Waals surface area contributed by atoms with E-state index in [2.05, 4.69) is 0 Å². The summed E-state index contributed by atoms with van der Waals surface area (Å²) in [7, 11) is 0. The van der Waals surface area contributed by atoms with Gasteiger partial charge < -0.3 is 10.6 Å². The van der Waals surface area contributed by atoms with E-state index in [1.54, 1.807) is 24.0 Å². The first-order valence-corrected chi connectivity index (χ1v) is 5.80. The maximum absolute atomic E-state index is 13.8. The molecule has 1 fully saturated rings. The summed E-state index contributed by atoms with van der Waals surface area (Å²) in [6.07, 6.45) is 0. The summed E-state index contributed by atoms with van der Waals surface area (Å²) in [6.45, 7) is 4.77. The predicted molar refractivity (Wildman–Crippen MR) is 64.2 cm³/mol. The molecule has 2 unspecified atom stereocenters. The average Bonchev–Trinajstić information content (AvgIpc) is 2.62. The fourth-order valence-corrected chi connectivity index (χ4v) is 2.14. The minimum absolute atomic E-state index is 0.00757. The summed E-state index contributed by atoms with van der Waals surface area (Å²) >= 11 is 0. The number of carbonyl (C=O) groups excluding carboxylic acids is 1. The molecule has 1 saturated heterocycles. The van der Waals surface area contributed by atoms with Gasteiger partial charge in [-0.1, -0.05) is 19.1 Å². The first-order valence-electron chi connectivity index (χ1n) is 5.80. The molecule has 0 aromatic heterocycles.